The van der Waals surface area contributed by atoms with Gasteiger partial charge >= 0.3 is 6.03 Å². The molecule has 1 fully saturated rings. The summed E-state index contributed by atoms with van der Waals surface area (Å²) in [6.45, 7) is 5.74. The first-order valence-corrected chi connectivity index (χ1v) is 8.31. The van der Waals surface area contributed by atoms with Crippen LogP contribution in [0.3, 0.4) is 0 Å². The summed E-state index contributed by atoms with van der Waals surface area (Å²) in [5.74, 6) is 0. The fraction of sp³-hybridized carbons (Fsp3) is 0.500. The van der Waals surface area contributed by atoms with Gasteiger partial charge in [0.15, 0.2) is 0 Å². The van der Waals surface area contributed by atoms with Crippen LogP contribution in [-0.2, 0) is 0 Å². The Labute approximate surface area is 136 Å². The van der Waals surface area contributed by atoms with Crippen molar-refractivity contribution in [2.24, 2.45) is 5.41 Å². The average Bonchev–Trinajstić information content (AvgIpc) is 2.94. The second-order valence-electron chi connectivity index (χ2n) is 6.68. The maximum absolute atomic E-state index is 12.4. The molecule has 1 aromatic heterocycles. The molecule has 1 saturated heterocycles. The molecule has 0 spiro atoms. The molecule has 2 amide bonds. The number of anilines is 1. The van der Waals surface area contributed by atoms with E-state index in [1.165, 1.54) is 0 Å². The number of aliphatic hydroxyl groups excluding tert-OH is 1. The third-order valence-electron chi connectivity index (χ3n) is 5.20. The second kappa shape index (κ2) is 6.24. The van der Waals surface area contributed by atoms with Crippen molar-refractivity contribution >= 4 is 22.6 Å². The number of carbonyl (C=O) groups excluding carboxylic acids is 1. The fourth-order valence-electron chi connectivity index (χ4n) is 3.37. The van der Waals surface area contributed by atoms with Crippen molar-refractivity contribution in [3.05, 3.63) is 30.0 Å². The van der Waals surface area contributed by atoms with E-state index in [1.807, 2.05) is 30.0 Å². The van der Waals surface area contributed by atoms with Crippen molar-refractivity contribution in [2.75, 3.05) is 25.0 Å². The van der Waals surface area contributed by atoms with Crippen LogP contribution in [0.25, 0.3) is 10.9 Å². The lowest BCUT2D eigenvalue weighted by Gasteiger charge is -2.40. The number of hydrogen-bond donors (Lipinski definition) is 3. The van der Waals surface area contributed by atoms with Crippen LogP contribution in [0.2, 0.25) is 0 Å². The predicted molar refractivity (Wildman–Crippen MR) is 92.7 cm³/mol. The van der Waals surface area contributed by atoms with Crippen LogP contribution in [0.15, 0.2) is 24.3 Å². The highest BCUT2D eigenvalue weighted by Crippen LogP contribution is 2.34. The number of aliphatic hydroxyl groups is 1. The van der Waals surface area contributed by atoms with Gasteiger partial charge in [0.25, 0.3) is 0 Å². The van der Waals surface area contributed by atoms with Gasteiger partial charge in [-0.25, -0.2) is 4.79 Å². The van der Waals surface area contributed by atoms with Crippen LogP contribution < -0.4 is 5.32 Å². The lowest BCUT2D eigenvalue weighted by molar-refractivity contribution is 0.0542. The molecule has 23 heavy (non-hydrogen) atoms. The van der Waals surface area contributed by atoms with E-state index in [0.29, 0.717) is 13.1 Å². The van der Waals surface area contributed by atoms with Gasteiger partial charge < -0.3 is 20.3 Å². The third-order valence-corrected chi connectivity index (χ3v) is 5.20. The number of nitrogens with zero attached hydrogens (tertiary/aromatic N) is 1. The van der Waals surface area contributed by atoms with E-state index in [1.54, 1.807) is 0 Å². The first-order chi connectivity index (χ1) is 11.0. The van der Waals surface area contributed by atoms with Gasteiger partial charge in [-0.3, -0.25) is 0 Å². The minimum absolute atomic E-state index is 0.00165. The lowest BCUT2D eigenvalue weighted by atomic mass is 9.77. The molecule has 1 aliphatic rings. The van der Waals surface area contributed by atoms with Crippen LogP contribution in [0.1, 0.15) is 31.9 Å². The number of urea groups is 1. The average molecular weight is 315 g/mol. The van der Waals surface area contributed by atoms with Gasteiger partial charge in [0.1, 0.15) is 0 Å². The Balaban J connectivity index is 1.64. The molecule has 2 aromatic rings. The third kappa shape index (κ3) is 3.20. The lowest BCUT2D eigenvalue weighted by Crippen LogP contribution is -2.46. The van der Waals surface area contributed by atoms with Gasteiger partial charge in [0.2, 0.25) is 0 Å². The summed E-state index contributed by atoms with van der Waals surface area (Å²) in [4.78, 5) is 17.6. The van der Waals surface area contributed by atoms with Gasteiger partial charge in [-0.1, -0.05) is 6.92 Å². The molecule has 0 atom stereocenters. The topological polar surface area (TPSA) is 68.4 Å². The smallest absolute Gasteiger partial charge is 0.321 e. The van der Waals surface area contributed by atoms with E-state index < -0.39 is 0 Å². The Morgan fingerprint density at radius 3 is 2.74 bits per heavy atom. The summed E-state index contributed by atoms with van der Waals surface area (Å²) in [5, 5.41) is 13.7. The highest BCUT2D eigenvalue weighted by molar-refractivity contribution is 5.93. The van der Waals surface area contributed by atoms with Crippen molar-refractivity contribution in [2.45, 2.75) is 33.1 Å². The Bertz CT molecular complexity index is 693. The van der Waals surface area contributed by atoms with E-state index >= 15 is 0 Å². The number of aromatic nitrogens is 1. The first kappa shape index (κ1) is 15.9. The van der Waals surface area contributed by atoms with Crippen LogP contribution >= 0.6 is 0 Å². The second-order valence-corrected chi connectivity index (χ2v) is 6.68. The van der Waals surface area contributed by atoms with E-state index in [0.717, 1.165) is 41.5 Å². The van der Waals surface area contributed by atoms with Gasteiger partial charge in [0.05, 0.1) is 0 Å². The molecule has 1 aromatic carbocycles. The molecule has 0 radical (unpaired) electrons. The summed E-state index contributed by atoms with van der Waals surface area (Å²) in [6, 6.07) is 7.92. The molecule has 5 heteroatoms. The van der Waals surface area contributed by atoms with E-state index in [2.05, 4.69) is 23.3 Å². The van der Waals surface area contributed by atoms with Crippen molar-refractivity contribution in [1.82, 2.24) is 9.88 Å². The number of amides is 2. The van der Waals surface area contributed by atoms with E-state index in [4.69, 9.17) is 0 Å². The summed E-state index contributed by atoms with van der Waals surface area (Å²) in [6.07, 6.45) is 2.69. The molecule has 0 aliphatic carbocycles. The summed E-state index contributed by atoms with van der Waals surface area (Å²) in [7, 11) is 0. The molecular formula is C18H25N3O2. The highest BCUT2D eigenvalue weighted by atomic mass is 16.3. The summed E-state index contributed by atoms with van der Waals surface area (Å²) >= 11 is 0. The van der Waals surface area contributed by atoms with Crippen molar-refractivity contribution in [1.29, 1.82) is 0 Å². The molecule has 3 rings (SSSR count). The Hall–Kier alpha value is -2.01. The maximum Gasteiger partial charge on any atom is 0.321 e. The van der Waals surface area contributed by atoms with Crippen LogP contribution in [0.4, 0.5) is 10.5 Å². The van der Waals surface area contributed by atoms with Crippen LogP contribution in [0.5, 0.6) is 0 Å². The Morgan fingerprint density at radius 1 is 1.35 bits per heavy atom. The monoisotopic (exact) mass is 315 g/mol. The predicted octanol–water partition coefficient (Wildman–Crippen LogP) is 3.49. The number of fused-ring (bicyclic) bond motifs is 1. The fourth-order valence-corrected chi connectivity index (χ4v) is 3.37. The minimum atomic E-state index is -0.0562. The molecule has 5 nitrogen and oxygen atoms in total. The normalized spacial score (nSPS) is 17.4. The highest BCUT2D eigenvalue weighted by Gasteiger charge is 2.33. The number of carbonyl (C=O) groups is 1. The SMILES string of the molecule is CCC1(CO)CCN(C(=O)Nc2ccc3[nH]c(C)cc3c2)CC1. The number of nitrogens with one attached hydrogen (secondary N) is 2. The number of piperidine rings is 1. The van der Waals surface area contributed by atoms with Crippen molar-refractivity contribution in [3.8, 4) is 0 Å². The van der Waals surface area contributed by atoms with Crippen molar-refractivity contribution in [3.63, 3.8) is 0 Å². The Morgan fingerprint density at radius 2 is 2.09 bits per heavy atom. The van der Waals surface area contributed by atoms with Gasteiger partial charge in [0, 0.05) is 42.0 Å². The van der Waals surface area contributed by atoms with Gasteiger partial charge in [-0.05, 0) is 55.9 Å². The maximum atomic E-state index is 12.4. The molecule has 1 aliphatic heterocycles. The van der Waals surface area contributed by atoms with E-state index in [9.17, 15) is 9.90 Å². The molecule has 0 saturated carbocycles. The summed E-state index contributed by atoms with van der Waals surface area (Å²) < 4.78 is 0. The molecule has 2 heterocycles. The van der Waals surface area contributed by atoms with Crippen molar-refractivity contribution < 1.29 is 9.90 Å². The Kier molecular flexibility index (Phi) is 4.31. The molecule has 124 valence electrons. The van der Waals surface area contributed by atoms with Gasteiger partial charge in [-0.15, -0.1) is 0 Å². The number of aromatic amines is 1. The number of hydrogen-bond acceptors (Lipinski definition) is 2. The molecular weight excluding hydrogens is 290 g/mol. The zero-order valence-corrected chi connectivity index (χ0v) is 13.9. The number of rotatable bonds is 3. The van der Waals surface area contributed by atoms with E-state index in [-0.39, 0.29) is 18.1 Å². The molecule has 0 bridgehead atoms. The number of H-pyrrole nitrogens is 1. The molecule has 3 N–H and O–H groups in total. The van der Waals surface area contributed by atoms with Crippen LogP contribution in [0, 0.1) is 12.3 Å². The zero-order valence-electron chi connectivity index (χ0n) is 13.9. The largest absolute Gasteiger partial charge is 0.396 e. The minimum Gasteiger partial charge on any atom is -0.396 e. The van der Waals surface area contributed by atoms with Crippen LogP contribution in [-0.4, -0.2) is 40.7 Å². The molecule has 0 unspecified atom stereocenters. The van der Waals surface area contributed by atoms with Gasteiger partial charge in [-0.2, -0.15) is 0 Å². The quantitative estimate of drug-likeness (QED) is 0.811. The number of benzene rings is 1. The number of aryl methyl sites for hydroxylation is 1. The first-order valence-electron chi connectivity index (χ1n) is 8.31. The number of likely N-dealkylation sites (tertiary alicyclic amines) is 1. The summed E-state index contributed by atoms with van der Waals surface area (Å²) in [5.41, 5.74) is 3.00. The standard InChI is InChI=1S/C18H25N3O2/c1-3-18(12-22)6-8-21(9-7-18)17(23)20-15-4-5-16-14(11-15)10-13(2)19-16/h4-5,10-11,19,22H,3,6-9,12H2,1-2H3,(H,20,23). The zero-order chi connectivity index (χ0) is 16.4.